The van der Waals surface area contributed by atoms with Crippen LogP contribution in [0.15, 0.2) is 18.2 Å². The van der Waals surface area contributed by atoms with Crippen molar-refractivity contribution < 1.29 is 0 Å². The van der Waals surface area contributed by atoms with Gasteiger partial charge in [-0.2, -0.15) is 0 Å². The van der Waals surface area contributed by atoms with Crippen LogP contribution in [0.4, 0.5) is 5.69 Å². The topological polar surface area (TPSA) is 69.6 Å². The van der Waals surface area contributed by atoms with Gasteiger partial charge in [0.2, 0.25) is 0 Å². The maximum Gasteiger partial charge on any atom is 0.184 e. The Labute approximate surface area is 111 Å². The Hall–Kier alpha value is -1.62. The van der Waals surface area contributed by atoms with E-state index in [-0.39, 0.29) is 5.54 Å². The molecule has 5 nitrogen and oxygen atoms in total. The molecule has 18 heavy (non-hydrogen) atoms. The number of nitrogens with two attached hydrogens (primary N) is 1. The fourth-order valence-corrected chi connectivity index (χ4v) is 1.90. The Morgan fingerprint density at radius 3 is 2.72 bits per heavy atom. The summed E-state index contributed by atoms with van der Waals surface area (Å²) in [6, 6.07) is 5.33. The minimum absolute atomic E-state index is 0.163. The standard InChI is InChI=1S/C12H16ClN5/c1-4-12(2,3)18-11(15-16-17-18)9-6-5-8(14)7-10(9)13/h5-7H,4,14H2,1-3H3. The van der Waals surface area contributed by atoms with Crippen molar-refractivity contribution in [2.45, 2.75) is 32.7 Å². The van der Waals surface area contributed by atoms with Crippen molar-refractivity contribution in [3.05, 3.63) is 23.2 Å². The fourth-order valence-electron chi connectivity index (χ4n) is 1.63. The van der Waals surface area contributed by atoms with Crippen LogP contribution in [0.1, 0.15) is 27.2 Å². The van der Waals surface area contributed by atoms with E-state index in [1.165, 1.54) is 0 Å². The first-order valence-electron chi connectivity index (χ1n) is 5.80. The van der Waals surface area contributed by atoms with Crippen molar-refractivity contribution in [3.63, 3.8) is 0 Å². The zero-order valence-electron chi connectivity index (χ0n) is 10.7. The molecule has 0 unspecified atom stereocenters. The summed E-state index contributed by atoms with van der Waals surface area (Å²) in [6.45, 7) is 6.26. The van der Waals surface area contributed by atoms with Gasteiger partial charge in [-0.25, -0.2) is 4.68 Å². The van der Waals surface area contributed by atoms with Crippen molar-refractivity contribution >= 4 is 17.3 Å². The quantitative estimate of drug-likeness (QED) is 0.867. The second kappa shape index (κ2) is 4.57. The van der Waals surface area contributed by atoms with E-state index in [1.807, 2.05) is 6.07 Å². The highest BCUT2D eigenvalue weighted by Gasteiger charge is 2.24. The molecular formula is C12H16ClN5. The van der Waals surface area contributed by atoms with E-state index < -0.39 is 0 Å². The molecule has 0 spiro atoms. The Morgan fingerprint density at radius 1 is 1.39 bits per heavy atom. The molecule has 0 amide bonds. The first-order valence-corrected chi connectivity index (χ1v) is 6.18. The maximum absolute atomic E-state index is 6.20. The molecule has 0 saturated heterocycles. The number of halogens is 1. The second-order valence-corrected chi connectivity index (χ2v) is 5.23. The van der Waals surface area contributed by atoms with Crippen molar-refractivity contribution in [1.82, 2.24) is 20.2 Å². The van der Waals surface area contributed by atoms with E-state index in [9.17, 15) is 0 Å². The third-order valence-corrected chi connectivity index (χ3v) is 3.45. The van der Waals surface area contributed by atoms with Gasteiger partial charge in [0.25, 0.3) is 0 Å². The molecule has 2 rings (SSSR count). The largest absolute Gasteiger partial charge is 0.399 e. The first-order chi connectivity index (χ1) is 8.45. The van der Waals surface area contributed by atoms with Crippen LogP contribution in [0.2, 0.25) is 5.02 Å². The van der Waals surface area contributed by atoms with Crippen molar-refractivity contribution in [3.8, 4) is 11.4 Å². The monoisotopic (exact) mass is 265 g/mol. The van der Waals surface area contributed by atoms with Gasteiger partial charge < -0.3 is 5.73 Å². The number of nitrogens with zero attached hydrogens (tertiary/aromatic N) is 4. The summed E-state index contributed by atoms with van der Waals surface area (Å²) in [5.74, 6) is 0.659. The van der Waals surface area contributed by atoms with Crippen LogP contribution >= 0.6 is 11.6 Å². The number of benzene rings is 1. The van der Waals surface area contributed by atoms with Gasteiger partial charge in [0, 0.05) is 11.3 Å². The van der Waals surface area contributed by atoms with E-state index in [4.69, 9.17) is 17.3 Å². The predicted molar refractivity (Wildman–Crippen MR) is 72.3 cm³/mol. The van der Waals surface area contributed by atoms with E-state index in [0.29, 0.717) is 16.5 Å². The molecular weight excluding hydrogens is 250 g/mol. The summed E-state index contributed by atoms with van der Waals surface area (Å²) in [5, 5.41) is 12.4. The zero-order valence-corrected chi connectivity index (χ0v) is 11.4. The van der Waals surface area contributed by atoms with Crippen LogP contribution in [-0.2, 0) is 5.54 Å². The number of aromatic nitrogens is 4. The van der Waals surface area contributed by atoms with Gasteiger partial charge in [0.05, 0.1) is 10.6 Å². The molecule has 0 aliphatic heterocycles. The van der Waals surface area contributed by atoms with E-state index in [0.717, 1.165) is 12.0 Å². The van der Waals surface area contributed by atoms with Crippen LogP contribution in [0.25, 0.3) is 11.4 Å². The molecule has 0 radical (unpaired) electrons. The molecule has 1 aromatic carbocycles. The lowest BCUT2D eigenvalue weighted by atomic mass is 10.0. The highest BCUT2D eigenvalue weighted by atomic mass is 35.5. The summed E-state index contributed by atoms with van der Waals surface area (Å²) < 4.78 is 1.80. The average molecular weight is 266 g/mol. The van der Waals surface area contributed by atoms with E-state index in [1.54, 1.807) is 16.8 Å². The van der Waals surface area contributed by atoms with E-state index in [2.05, 4.69) is 36.3 Å². The molecule has 0 aliphatic carbocycles. The van der Waals surface area contributed by atoms with Gasteiger partial charge >= 0.3 is 0 Å². The molecule has 6 heteroatoms. The van der Waals surface area contributed by atoms with Gasteiger partial charge in [-0.1, -0.05) is 18.5 Å². The number of hydrogen-bond donors (Lipinski definition) is 1. The highest BCUT2D eigenvalue weighted by molar-refractivity contribution is 6.33. The summed E-state index contributed by atoms with van der Waals surface area (Å²) >= 11 is 6.20. The average Bonchev–Trinajstić information content (AvgIpc) is 2.78. The Balaban J connectivity index is 2.56. The Bertz CT molecular complexity index is 561. The summed E-state index contributed by atoms with van der Waals surface area (Å²) in [7, 11) is 0. The van der Waals surface area contributed by atoms with Crippen LogP contribution in [0, 0.1) is 0 Å². The molecule has 0 aliphatic rings. The number of tetrazole rings is 1. The highest BCUT2D eigenvalue weighted by Crippen LogP contribution is 2.31. The van der Waals surface area contributed by atoms with Gasteiger partial charge in [-0.05, 0) is 48.9 Å². The minimum atomic E-state index is -0.163. The molecule has 0 bridgehead atoms. The van der Waals surface area contributed by atoms with Gasteiger partial charge in [-0.3, -0.25) is 0 Å². The van der Waals surface area contributed by atoms with Crippen LogP contribution in [-0.4, -0.2) is 20.2 Å². The van der Waals surface area contributed by atoms with Crippen molar-refractivity contribution in [2.75, 3.05) is 5.73 Å². The lowest BCUT2D eigenvalue weighted by Gasteiger charge is -2.24. The van der Waals surface area contributed by atoms with Gasteiger partial charge in [0.15, 0.2) is 5.82 Å². The first kappa shape index (κ1) is 12.8. The summed E-state index contributed by atoms with van der Waals surface area (Å²) in [6.07, 6.45) is 0.914. The number of anilines is 1. The molecule has 1 heterocycles. The van der Waals surface area contributed by atoms with E-state index >= 15 is 0 Å². The predicted octanol–water partition coefficient (Wildman–Crippen LogP) is 2.72. The second-order valence-electron chi connectivity index (χ2n) is 4.82. The third kappa shape index (κ3) is 2.18. The van der Waals surface area contributed by atoms with Gasteiger partial charge in [0.1, 0.15) is 0 Å². The lowest BCUT2D eigenvalue weighted by molar-refractivity contribution is 0.305. The lowest BCUT2D eigenvalue weighted by Crippen LogP contribution is -2.27. The van der Waals surface area contributed by atoms with Crippen molar-refractivity contribution in [2.24, 2.45) is 0 Å². The molecule has 96 valence electrons. The normalized spacial score (nSPS) is 11.8. The zero-order chi connectivity index (χ0) is 13.3. The molecule has 0 atom stereocenters. The molecule has 0 fully saturated rings. The number of nitrogen functional groups attached to an aromatic ring is 1. The smallest absolute Gasteiger partial charge is 0.184 e. The number of hydrogen-bond acceptors (Lipinski definition) is 4. The molecule has 2 N–H and O–H groups in total. The van der Waals surface area contributed by atoms with Crippen LogP contribution in [0.3, 0.4) is 0 Å². The fraction of sp³-hybridized carbons (Fsp3) is 0.417. The Morgan fingerprint density at radius 2 is 2.11 bits per heavy atom. The summed E-state index contributed by atoms with van der Waals surface area (Å²) in [4.78, 5) is 0. The third-order valence-electron chi connectivity index (χ3n) is 3.14. The Kier molecular flexibility index (Phi) is 3.26. The number of rotatable bonds is 3. The SMILES string of the molecule is CCC(C)(C)n1nnnc1-c1ccc(N)cc1Cl. The maximum atomic E-state index is 6.20. The van der Waals surface area contributed by atoms with Crippen LogP contribution < -0.4 is 5.73 Å². The molecule has 0 saturated carbocycles. The minimum Gasteiger partial charge on any atom is -0.399 e. The molecule has 1 aromatic heterocycles. The summed E-state index contributed by atoms with van der Waals surface area (Å²) in [5.41, 5.74) is 6.94. The van der Waals surface area contributed by atoms with Crippen molar-refractivity contribution in [1.29, 1.82) is 0 Å². The molecule has 2 aromatic rings. The van der Waals surface area contributed by atoms with Gasteiger partial charge in [-0.15, -0.1) is 5.10 Å². The van der Waals surface area contributed by atoms with Crippen LogP contribution in [0.5, 0.6) is 0 Å².